The van der Waals surface area contributed by atoms with Crippen molar-refractivity contribution in [3.63, 3.8) is 0 Å². The third kappa shape index (κ3) is 3.42. The van der Waals surface area contributed by atoms with Crippen molar-refractivity contribution in [1.29, 1.82) is 5.26 Å². The van der Waals surface area contributed by atoms with Gasteiger partial charge in [-0.15, -0.1) is 0 Å². The Balaban J connectivity index is 2.41. The molecule has 0 radical (unpaired) electrons. The second-order valence-electron chi connectivity index (χ2n) is 4.13. The van der Waals surface area contributed by atoms with Crippen LogP contribution in [0.4, 0.5) is 15.8 Å². The molecule has 108 valence electrons. The molecule has 0 amide bonds. The van der Waals surface area contributed by atoms with Gasteiger partial charge in [-0.3, -0.25) is 4.72 Å². The monoisotopic (exact) mass is 325 g/mol. The second kappa shape index (κ2) is 5.60. The summed E-state index contributed by atoms with van der Waals surface area (Å²) in [5, 5.41) is 8.78. The summed E-state index contributed by atoms with van der Waals surface area (Å²) in [5.41, 5.74) is 5.76. The summed E-state index contributed by atoms with van der Waals surface area (Å²) in [4.78, 5) is -0.207. The van der Waals surface area contributed by atoms with Gasteiger partial charge < -0.3 is 5.73 Å². The summed E-state index contributed by atoms with van der Waals surface area (Å²) in [6, 6.07) is 8.93. The molecule has 0 aliphatic rings. The Hall–Kier alpha value is -2.30. The predicted octanol–water partition coefficient (Wildman–Crippen LogP) is 2.73. The van der Waals surface area contributed by atoms with E-state index >= 15 is 0 Å². The lowest BCUT2D eigenvalue weighted by molar-refractivity contribution is 0.601. The molecule has 2 aromatic carbocycles. The largest absolute Gasteiger partial charge is 0.398 e. The van der Waals surface area contributed by atoms with E-state index in [-0.39, 0.29) is 26.9 Å². The summed E-state index contributed by atoms with van der Waals surface area (Å²) < 4.78 is 39.8. The molecule has 0 heterocycles. The van der Waals surface area contributed by atoms with E-state index in [0.717, 1.165) is 12.1 Å². The number of nitrogens with zero attached hydrogens (tertiary/aromatic N) is 1. The second-order valence-corrected chi connectivity index (χ2v) is 6.22. The molecule has 0 aliphatic heterocycles. The zero-order chi connectivity index (χ0) is 15.6. The topological polar surface area (TPSA) is 96.0 Å². The van der Waals surface area contributed by atoms with Crippen molar-refractivity contribution in [1.82, 2.24) is 0 Å². The van der Waals surface area contributed by atoms with Crippen LogP contribution in [0.2, 0.25) is 5.02 Å². The van der Waals surface area contributed by atoms with Crippen LogP contribution in [0.15, 0.2) is 41.3 Å². The maximum absolute atomic E-state index is 13.2. The molecule has 0 spiro atoms. The number of benzene rings is 2. The van der Waals surface area contributed by atoms with Gasteiger partial charge in [-0.1, -0.05) is 11.6 Å². The third-order valence-corrected chi connectivity index (χ3v) is 4.22. The maximum Gasteiger partial charge on any atom is 0.263 e. The molecule has 0 saturated carbocycles. The van der Waals surface area contributed by atoms with E-state index in [1.54, 1.807) is 0 Å². The highest BCUT2D eigenvalue weighted by Gasteiger charge is 2.18. The highest BCUT2D eigenvalue weighted by atomic mass is 35.5. The van der Waals surface area contributed by atoms with Gasteiger partial charge in [-0.05, 0) is 36.4 Å². The molecular weight excluding hydrogens is 317 g/mol. The molecule has 0 aromatic heterocycles. The van der Waals surface area contributed by atoms with Crippen molar-refractivity contribution in [2.24, 2.45) is 0 Å². The number of sulfonamides is 1. The van der Waals surface area contributed by atoms with Gasteiger partial charge >= 0.3 is 0 Å². The Labute approximate surface area is 125 Å². The number of nitrogens with two attached hydrogens (primary N) is 1. The number of hydrogen-bond acceptors (Lipinski definition) is 4. The standard InChI is InChI=1S/C13H9ClFN3O2S/c14-9-4-10(15)6-11(5-9)18-21(19,20)13-2-1-8(7-16)3-12(13)17/h1-6,18H,17H2. The molecule has 5 nitrogen and oxygen atoms in total. The van der Waals surface area contributed by atoms with Crippen molar-refractivity contribution in [3.05, 3.63) is 52.8 Å². The van der Waals surface area contributed by atoms with E-state index in [0.29, 0.717) is 0 Å². The first-order valence-electron chi connectivity index (χ1n) is 5.60. The van der Waals surface area contributed by atoms with E-state index in [4.69, 9.17) is 22.6 Å². The van der Waals surface area contributed by atoms with Gasteiger partial charge in [0.15, 0.2) is 0 Å². The van der Waals surface area contributed by atoms with Gasteiger partial charge in [0.2, 0.25) is 0 Å². The Morgan fingerprint density at radius 1 is 1.24 bits per heavy atom. The summed E-state index contributed by atoms with van der Waals surface area (Å²) in [6.07, 6.45) is 0. The number of anilines is 2. The lowest BCUT2D eigenvalue weighted by Gasteiger charge is -2.10. The SMILES string of the molecule is N#Cc1ccc(S(=O)(=O)Nc2cc(F)cc(Cl)c2)c(N)c1. The minimum atomic E-state index is -4.01. The number of nitrogens with one attached hydrogen (secondary N) is 1. The highest BCUT2D eigenvalue weighted by molar-refractivity contribution is 7.92. The van der Waals surface area contributed by atoms with E-state index < -0.39 is 15.8 Å². The van der Waals surface area contributed by atoms with Crippen LogP contribution >= 0.6 is 11.6 Å². The Morgan fingerprint density at radius 2 is 1.95 bits per heavy atom. The number of hydrogen-bond donors (Lipinski definition) is 2. The molecule has 2 rings (SSSR count). The van der Waals surface area contributed by atoms with Gasteiger partial charge in [-0.25, -0.2) is 12.8 Å². The van der Waals surface area contributed by atoms with Crippen LogP contribution in [0.5, 0.6) is 0 Å². The van der Waals surface area contributed by atoms with Crippen LogP contribution in [0.3, 0.4) is 0 Å². The van der Waals surface area contributed by atoms with Crippen molar-refractivity contribution in [3.8, 4) is 6.07 Å². The Kier molecular flexibility index (Phi) is 4.02. The zero-order valence-electron chi connectivity index (χ0n) is 10.5. The molecule has 2 aromatic rings. The average Bonchev–Trinajstić information content (AvgIpc) is 2.36. The first-order valence-corrected chi connectivity index (χ1v) is 7.46. The normalized spacial score (nSPS) is 10.9. The number of nitriles is 1. The lowest BCUT2D eigenvalue weighted by Crippen LogP contribution is -2.15. The Bertz CT molecular complexity index is 827. The quantitative estimate of drug-likeness (QED) is 0.848. The molecule has 3 N–H and O–H groups in total. The van der Waals surface area contributed by atoms with Gasteiger partial charge in [-0.2, -0.15) is 5.26 Å². The summed E-state index contributed by atoms with van der Waals surface area (Å²) >= 11 is 5.66. The minimum Gasteiger partial charge on any atom is -0.398 e. The van der Waals surface area contributed by atoms with Gasteiger partial charge in [0, 0.05) is 5.02 Å². The van der Waals surface area contributed by atoms with E-state index in [1.165, 1.54) is 24.3 Å². The summed E-state index contributed by atoms with van der Waals surface area (Å²) in [6.45, 7) is 0. The average molecular weight is 326 g/mol. The van der Waals surface area contributed by atoms with Crippen LogP contribution in [0.1, 0.15) is 5.56 Å². The molecule has 0 bridgehead atoms. The van der Waals surface area contributed by atoms with Crippen molar-refractivity contribution < 1.29 is 12.8 Å². The van der Waals surface area contributed by atoms with Crippen LogP contribution < -0.4 is 10.5 Å². The third-order valence-electron chi connectivity index (χ3n) is 2.54. The Morgan fingerprint density at radius 3 is 2.52 bits per heavy atom. The fourth-order valence-corrected chi connectivity index (χ4v) is 3.06. The van der Waals surface area contributed by atoms with Crippen LogP contribution in [0, 0.1) is 17.1 Å². The van der Waals surface area contributed by atoms with Crippen molar-refractivity contribution in [2.75, 3.05) is 10.5 Å². The first kappa shape index (κ1) is 15.1. The molecule has 0 fully saturated rings. The van der Waals surface area contributed by atoms with Gasteiger partial charge in [0.05, 0.1) is 23.0 Å². The summed E-state index contributed by atoms with van der Waals surface area (Å²) in [7, 11) is -4.01. The first-order chi connectivity index (χ1) is 9.81. The molecule has 0 aliphatic carbocycles. The van der Waals surface area contributed by atoms with E-state index in [2.05, 4.69) is 4.72 Å². The molecule has 0 atom stereocenters. The molecule has 0 unspecified atom stereocenters. The van der Waals surface area contributed by atoms with Gasteiger partial charge in [0.25, 0.3) is 10.0 Å². The fourth-order valence-electron chi connectivity index (χ4n) is 1.69. The fraction of sp³-hybridized carbons (Fsp3) is 0. The van der Waals surface area contributed by atoms with Crippen molar-refractivity contribution >= 4 is 33.0 Å². The molecule has 21 heavy (non-hydrogen) atoms. The number of rotatable bonds is 3. The number of nitrogen functional groups attached to an aromatic ring is 1. The molecule has 8 heteroatoms. The van der Waals surface area contributed by atoms with E-state index in [1.807, 2.05) is 6.07 Å². The van der Waals surface area contributed by atoms with Crippen LogP contribution in [-0.4, -0.2) is 8.42 Å². The summed E-state index contributed by atoms with van der Waals surface area (Å²) in [5.74, 6) is -0.673. The zero-order valence-corrected chi connectivity index (χ0v) is 12.0. The van der Waals surface area contributed by atoms with Crippen molar-refractivity contribution in [2.45, 2.75) is 4.90 Å². The highest BCUT2D eigenvalue weighted by Crippen LogP contribution is 2.24. The van der Waals surface area contributed by atoms with E-state index in [9.17, 15) is 12.8 Å². The van der Waals surface area contributed by atoms with Crippen LogP contribution in [0.25, 0.3) is 0 Å². The smallest absolute Gasteiger partial charge is 0.263 e. The molecular formula is C13H9ClFN3O2S. The maximum atomic E-state index is 13.2. The predicted molar refractivity (Wildman–Crippen MR) is 77.8 cm³/mol. The van der Waals surface area contributed by atoms with Gasteiger partial charge in [0.1, 0.15) is 10.7 Å². The van der Waals surface area contributed by atoms with Crippen LogP contribution in [-0.2, 0) is 10.0 Å². The lowest BCUT2D eigenvalue weighted by atomic mass is 10.2. The molecule has 0 saturated heterocycles. The number of halogens is 2. The minimum absolute atomic E-state index is 0.0243.